The van der Waals surface area contributed by atoms with E-state index in [-0.39, 0.29) is 12.1 Å². The van der Waals surface area contributed by atoms with Crippen LogP contribution in [0.15, 0.2) is 12.4 Å². The van der Waals surface area contributed by atoms with Gasteiger partial charge in [0.25, 0.3) is 0 Å². The molecule has 1 aliphatic rings. The second-order valence-corrected chi connectivity index (χ2v) is 6.62. The van der Waals surface area contributed by atoms with E-state index in [2.05, 4.69) is 14.9 Å². The van der Waals surface area contributed by atoms with Crippen LogP contribution in [0.1, 0.15) is 34.6 Å². The summed E-state index contributed by atoms with van der Waals surface area (Å²) in [5, 5.41) is 0. The van der Waals surface area contributed by atoms with Gasteiger partial charge in [0.1, 0.15) is 17.7 Å². The van der Waals surface area contributed by atoms with Crippen LogP contribution in [-0.4, -0.2) is 58.8 Å². The van der Waals surface area contributed by atoms with Gasteiger partial charge < -0.3 is 19.3 Å². The van der Waals surface area contributed by atoms with E-state index in [1.165, 1.54) is 6.33 Å². The Hall–Kier alpha value is -2.05. The van der Waals surface area contributed by atoms with Crippen molar-refractivity contribution in [3.63, 3.8) is 0 Å². The van der Waals surface area contributed by atoms with Gasteiger partial charge in [-0.2, -0.15) is 0 Å². The molecule has 1 amide bonds. The molecule has 128 valence electrons. The lowest BCUT2D eigenvalue weighted by atomic mass is 10.2. The largest absolute Gasteiger partial charge is 0.478 e. The molecule has 1 aromatic rings. The van der Waals surface area contributed by atoms with Gasteiger partial charge in [-0.25, -0.2) is 14.8 Å². The molecule has 7 nitrogen and oxygen atoms in total. The molecule has 0 aromatic carbocycles. The fourth-order valence-corrected chi connectivity index (χ4v) is 2.49. The van der Waals surface area contributed by atoms with Crippen LogP contribution in [0, 0.1) is 0 Å². The first kappa shape index (κ1) is 17.3. The Balaban J connectivity index is 2.01. The molecule has 2 rings (SSSR count). The van der Waals surface area contributed by atoms with Gasteiger partial charge >= 0.3 is 6.09 Å². The highest BCUT2D eigenvalue weighted by molar-refractivity contribution is 5.69. The van der Waals surface area contributed by atoms with Crippen LogP contribution in [0.5, 0.6) is 5.88 Å². The summed E-state index contributed by atoms with van der Waals surface area (Å²) >= 11 is 0. The first-order valence-corrected chi connectivity index (χ1v) is 7.99. The van der Waals surface area contributed by atoms with E-state index in [1.807, 2.05) is 40.7 Å². The van der Waals surface area contributed by atoms with E-state index < -0.39 is 5.60 Å². The second kappa shape index (κ2) is 7.02. The zero-order valence-electron chi connectivity index (χ0n) is 14.6. The van der Waals surface area contributed by atoms with E-state index in [0.29, 0.717) is 32.1 Å². The van der Waals surface area contributed by atoms with Crippen LogP contribution in [0.25, 0.3) is 0 Å². The fraction of sp³-hybridized carbons (Fsp3) is 0.688. The lowest BCUT2D eigenvalue weighted by Gasteiger charge is -2.40. The molecule has 0 unspecified atom stereocenters. The number of piperazine rings is 1. The summed E-state index contributed by atoms with van der Waals surface area (Å²) in [5.74, 6) is 1.39. The van der Waals surface area contributed by atoms with Gasteiger partial charge in [-0.1, -0.05) is 0 Å². The van der Waals surface area contributed by atoms with Crippen LogP contribution >= 0.6 is 0 Å². The number of hydrogen-bond acceptors (Lipinski definition) is 6. The van der Waals surface area contributed by atoms with Crippen molar-refractivity contribution in [3.05, 3.63) is 12.4 Å². The minimum Gasteiger partial charge on any atom is -0.478 e. The number of hydrogen-bond donors (Lipinski definition) is 0. The quantitative estimate of drug-likeness (QED) is 0.851. The summed E-state index contributed by atoms with van der Waals surface area (Å²) in [5.41, 5.74) is -0.479. The average Bonchev–Trinajstić information content (AvgIpc) is 2.46. The highest BCUT2D eigenvalue weighted by atomic mass is 16.6. The first-order valence-electron chi connectivity index (χ1n) is 7.99. The smallest absolute Gasteiger partial charge is 0.410 e. The zero-order valence-corrected chi connectivity index (χ0v) is 14.6. The molecule has 1 fully saturated rings. The Morgan fingerprint density at radius 3 is 2.70 bits per heavy atom. The standard InChI is InChI=1S/C16H26N4O3/c1-6-22-14-9-13(17-11-18-14)19-7-8-20(12(2)10-19)15(21)23-16(3,4)5/h9,11-12H,6-8,10H2,1-5H3/t12-/m0/s1. The number of nitrogens with zero attached hydrogens (tertiary/aromatic N) is 4. The number of ether oxygens (including phenoxy) is 2. The van der Waals surface area contributed by atoms with Gasteiger partial charge in [0.2, 0.25) is 5.88 Å². The third-order valence-corrected chi connectivity index (χ3v) is 3.50. The molecule has 0 bridgehead atoms. The van der Waals surface area contributed by atoms with Gasteiger partial charge in [-0.15, -0.1) is 0 Å². The molecule has 2 heterocycles. The van der Waals surface area contributed by atoms with Crippen molar-refractivity contribution in [1.82, 2.24) is 14.9 Å². The molecular weight excluding hydrogens is 296 g/mol. The maximum atomic E-state index is 12.2. The molecule has 7 heteroatoms. The highest BCUT2D eigenvalue weighted by Gasteiger charge is 2.31. The van der Waals surface area contributed by atoms with Crippen molar-refractivity contribution >= 4 is 11.9 Å². The van der Waals surface area contributed by atoms with E-state index in [9.17, 15) is 4.79 Å². The predicted molar refractivity (Wildman–Crippen MR) is 87.8 cm³/mol. The molecule has 0 spiro atoms. The number of carbonyl (C=O) groups is 1. The summed E-state index contributed by atoms with van der Waals surface area (Å²) < 4.78 is 10.9. The number of carbonyl (C=O) groups excluding carboxylic acids is 1. The molecule has 0 N–H and O–H groups in total. The number of aromatic nitrogens is 2. The summed E-state index contributed by atoms with van der Waals surface area (Å²) in [6.45, 7) is 12.1. The van der Waals surface area contributed by atoms with Gasteiger partial charge in [-0.3, -0.25) is 0 Å². The predicted octanol–water partition coefficient (Wildman–Crippen LogP) is 2.32. The molecule has 0 aliphatic carbocycles. The minimum absolute atomic E-state index is 0.0455. The third-order valence-electron chi connectivity index (χ3n) is 3.50. The number of amides is 1. The molecule has 1 saturated heterocycles. The molecule has 1 aliphatic heterocycles. The van der Waals surface area contributed by atoms with Gasteiger partial charge in [0.15, 0.2) is 0 Å². The Kier molecular flexibility index (Phi) is 5.28. The topological polar surface area (TPSA) is 67.8 Å². The Bertz CT molecular complexity index is 544. The van der Waals surface area contributed by atoms with Crippen molar-refractivity contribution in [1.29, 1.82) is 0 Å². The van der Waals surface area contributed by atoms with Crippen LogP contribution in [0.2, 0.25) is 0 Å². The minimum atomic E-state index is -0.479. The third kappa shape index (κ3) is 4.71. The molecule has 0 saturated carbocycles. The van der Waals surface area contributed by atoms with Crippen molar-refractivity contribution in [3.8, 4) is 5.88 Å². The summed E-state index contributed by atoms with van der Waals surface area (Å²) in [4.78, 5) is 24.5. The lowest BCUT2D eigenvalue weighted by molar-refractivity contribution is 0.0158. The SMILES string of the molecule is CCOc1cc(N2CCN(C(=O)OC(C)(C)C)[C@@H](C)C2)ncn1. The van der Waals surface area contributed by atoms with E-state index in [4.69, 9.17) is 9.47 Å². The Morgan fingerprint density at radius 2 is 2.09 bits per heavy atom. The van der Waals surface area contributed by atoms with Crippen LogP contribution in [0.4, 0.5) is 10.6 Å². The molecule has 1 aromatic heterocycles. The Morgan fingerprint density at radius 1 is 1.35 bits per heavy atom. The Labute approximate surface area is 137 Å². The van der Waals surface area contributed by atoms with Crippen molar-refractivity contribution < 1.29 is 14.3 Å². The average molecular weight is 322 g/mol. The van der Waals surface area contributed by atoms with Gasteiger partial charge in [-0.05, 0) is 34.6 Å². The van der Waals surface area contributed by atoms with Crippen LogP contribution < -0.4 is 9.64 Å². The van der Waals surface area contributed by atoms with E-state index >= 15 is 0 Å². The van der Waals surface area contributed by atoms with Gasteiger partial charge in [0.05, 0.1) is 6.61 Å². The van der Waals surface area contributed by atoms with Crippen molar-refractivity contribution in [2.75, 3.05) is 31.1 Å². The molecule has 23 heavy (non-hydrogen) atoms. The van der Waals surface area contributed by atoms with E-state index in [0.717, 1.165) is 5.82 Å². The second-order valence-electron chi connectivity index (χ2n) is 6.62. The summed E-state index contributed by atoms with van der Waals surface area (Å²) in [6.07, 6.45) is 1.24. The van der Waals surface area contributed by atoms with Crippen LogP contribution in [-0.2, 0) is 4.74 Å². The fourth-order valence-electron chi connectivity index (χ4n) is 2.49. The normalized spacial score (nSPS) is 18.7. The van der Waals surface area contributed by atoms with E-state index in [1.54, 1.807) is 4.90 Å². The first-order chi connectivity index (χ1) is 10.8. The van der Waals surface area contributed by atoms with Gasteiger partial charge in [0, 0.05) is 31.7 Å². The highest BCUT2D eigenvalue weighted by Crippen LogP contribution is 2.21. The molecule has 0 radical (unpaired) electrons. The number of rotatable bonds is 3. The number of anilines is 1. The molecule has 1 atom stereocenters. The zero-order chi connectivity index (χ0) is 17.0. The maximum absolute atomic E-state index is 12.2. The molecular formula is C16H26N4O3. The van der Waals surface area contributed by atoms with Crippen LogP contribution in [0.3, 0.4) is 0 Å². The maximum Gasteiger partial charge on any atom is 0.410 e. The van der Waals surface area contributed by atoms with Crippen molar-refractivity contribution in [2.45, 2.75) is 46.3 Å². The van der Waals surface area contributed by atoms with Crippen molar-refractivity contribution in [2.24, 2.45) is 0 Å². The monoisotopic (exact) mass is 322 g/mol. The summed E-state index contributed by atoms with van der Waals surface area (Å²) in [7, 11) is 0. The summed E-state index contributed by atoms with van der Waals surface area (Å²) in [6, 6.07) is 1.88. The lowest BCUT2D eigenvalue weighted by Crippen LogP contribution is -2.55.